The van der Waals surface area contributed by atoms with Gasteiger partial charge in [-0.3, -0.25) is 0 Å². The van der Waals surface area contributed by atoms with Gasteiger partial charge in [-0.1, -0.05) is 109 Å². The number of benzene rings is 9. The first-order chi connectivity index (χ1) is 29.2. The summed E-state index contributed by atoms with van der Waals surface area (Å²) in [5, 5.41) is 7.57. The SMILES string of the molecule is Cc1cc(N(c2ccc(-n3c4ccccc4c4ccccc43)cc2)c2ccc(-n3c4ccccc4c4ccccc43)cc2)ccc1-n1c2ccccc2c2ccccc21. The Morgan fingerprint density at radius 2 is 0.576 bits per heavy atom. The first kappa shape index (κ1) is 33.3. The quantitative estimate of drug-likeness (QED) is 0.165. The van der Waals surface area contributed by atoms with E-state index >= 15 is 0 Å². The third-order valence-electron chi connectivity index (χ3n) is 12.2. The van der Waals surface area contributed by atoms with E-state index in [2.05, 4.69) is 238 Å². The van der Waals surface area contributed by atoms with Crippen LogP contribution in [0, 0.1) is 6.92 Å². The average Bonchev–Trinajstić information content (AvgIpc) is 3.93. The van der Waals surface area contributed by atoms with Crippen LogP contribution >= 0.6 is 0 Å². The van der Waals surface area contributed by atoms with Crippen LogP contribution in [0.15, 0.2) is 212 Å². The zero-order valence-corrected chi connectivity index (χ0v) is 32.5. The van der Waals surface area contributed by atoms with Gasteiger partial charge in [-0.25, -0.2) is 0 Å². The molecule has 12 aromatic rings. The molecule has 0 spiro atoms. The van der Waals surface area contributed by atoms with Crippen molar-refractivity contribution < 1.29 is 0 Å². The molecule has 0 aliphatic carbocycles. The van der Waals surface area contributed by atoms with Gasteiger partial charge >= 0.3 is 0 Å². The molecule has 4 heteroatoms. The van der Waals surface area contributed by atoms with Crippen LogP contribution in [0.5, 0.6) is 0 Å². The molecule has 0 atom stereocenters. The Bertz CT molecular complexity index is 3250. The van der Waals surface area contributed by atoms with Gasteiger partial charge in [0.25, 0.3) is 0 Å². The molecular formula is C55H38N4. The predicted octanol–water partition coefficient (Wildman–Crippen LogP) is 14.8. The van der Waals surface area contributed by atoms with E-state index in [-0.39, 0.29) is 0 Å². The van der Waals surface area contributed by atoms with E-state index in [1.807, 2.05) is 0 Å². The molecule has 0 aliphatic heterocycles. The van der Waals surface area contributed by atoms with Crippen LogP contribution in [-0.4, -0.2) is 13.7 Å². The lowest BCUT2D eigenvalue weighted by atomic mass is 10.1. The van der Waals surface area contributed by atoms with Gasteiger partial charge in [0.15, 0.2) is 0 Å². The fourth-order valence-corrected chi connectivity index (χ4v) is 9.56. The lowest BCUT2D eigenvalue weighted by molar-refractivity contribution is 1.14. The van der Waals surface area contributed by atoms with Gasteiger partial charge in [0.2, 0.25) is 0 Å². The monoisotopic (exact) mass is 754 g/mol. The normalized spacial score (nSPS) is 11.8. The number of rotatable bonds is 6. The number of aromatic nitrogens is 3. The Morgan fingerprint density at radius 3 is 0.898 bits per heavy atom. The van der Waals surface area contributed by atoms with Gasteiger partial charge in [-0.2, -0.15) is 0 Å². The van der Waals surface area contributed by atoms with Crippen LogP contribution in [0.25, 0.3) is 82.5 Å². The minimum absolute atomic E-state index is 1.09. The molecule has 0 saturated heterocycles. The van der Waals surface area contributed by atoms with Crippen molar-refractivity contribution in [1.82, 2.24) is 13.7 Å². The Kier molecular flexibility index (Phi) is 7.41. The van der Waals surface area contributed by atoms with Crippen molar-refractivity contribution in [2.24, 2.45) is 0 Å². The average molecular weight is 755 g/mol. The van der Waals surface area contributed by atoms with E-state index in [1.165, 1.54) is 76.7 Å². The summed E-state index contributed by atoms with van der Waals surface area (Å²) in [7, 11) is 0. The van der Waals surface area contributed by atoms with Gasteiger partial charge in [-0.15, -0.1) is 0 Å². The number of nitrogens with zero attached hydrogens (tertiary/aromatic N) is 4. The van der Waals surface area contributed by atoms with Crippen LogP contribution < -0.4 is 4.90 Å². The summed E-state index contributed by atoms with van der Waals surface area (Å²) < 4.78 is 7.17. The fraction of sp³-hybridized carbons (Fsp3) is 0.0182. The summed E-state index contributed by atoms with van der Waals surface area (Å²) in [5.41, 5.74) is 15.1. The van der Waals surface area contributed by atoms with Gasteiger partial charge in [0.05, 0.1) is 33.1 Å². The van der Waals surface area contributed by atoms with Gasteiger partial charge in [0, 0.05) is 66.4 Å². The molecule has 0 aliphatic rings. The van der Waals surface area contributed by atoms with Crippen molar-refractivity contribution in [1.29, 1.82) is 0 Å². The number of hydrogen-bond donors (Lipinski definition) is 0. The maximum atomic E-state index is 2.41. The van der Waals surface area contributed by atoms with E-state index in [0.29, 0.717) is 0 Å². The van der Waals surface area contributed by atoms with Gasteiger partial charge in [-0.05, 0) is 116 Å². The standard InChI is InChI=1S/C55H38N4/c1-37-36-42(34-35-49(37)59-54-24-12-6-18-47(54)48-19-7-13-25-55(48)59)56(38-26-30-40(31-27-38)57-50-20-8-2-14-43(50)44-15-3-9-21-51(44)57)39-28-32-41(33-29-39)58-52-22-10-4-16-45(52)46-17-5-11-23-53(46)58/h2-36H,1H3. The first-order valence-corrected chi connectivity index (χ1v) is 20.3. The highest BCUT2D eigenvalue weighted by atomic mass is 15.1. The lowest BCUT2D eigenvalue weighted by Crippen LogP contribution is -2.11. The topological polar surface area (TPSA) is 18.0 Å². The van der Waals surface area contributed by atoms with Crippen LogP contribution in [0.2, 0.25) is 0 Å². The summed E-state index contributed by atoms with van der Waals surface area (Å²) in [6, 6.07) is 77.2. The minimum Gasteiger partial charge on any atom is -0.310 e. The van der Waals surface area contributed by atoms with Crippen molar-refractivity contribution >= 4 is 82.5 Å². The van der Waals surface area contributed by atoms with E-state index < -0.39 is 0 Å². The Balaban J connectivity index is 1.01. The molecule has 3 heterocycles. The number of fused-ring (bicyclic) bond motifs is 9. The highest BCUT2D eigenvalue weighted by Gasteiger charge is 2.19. The minimum atomic E-state index is 1.09. The molecule has 9 aromatic carbocycles. The maximum Gasteiger partial charge on any atom is 0.0541 e. The summed E-state index contributed by atoms with van der Waals surface area (Å²) in [6.07, 6.45) is 0. The molecule has 0 bridgehead atoms. The fourth-order valence-electron chi connectivity index (χ4n) is 9.56. The van der Waals surface area contributed by atoms with Crippen molar-refractivity contribution in [3.05, 3.63) is 218 Å². The second-order valence-electron chi connectivity index (χ2n) is 15.4. The number of anilines is 3. The molecule has 59 heavy (non-hydrogen) atoms. The van der Waals surface area contributed by atoms with E-state index in [0.717, 1.165) is 28.4 Å². The summed E-state index contributed by atoms with van der Waals surface area (Å²) in [4.78, 5) is 2.38. The Labute approximate surface area is 341 Å². The molecular weight excluding hydrogens is 717 g/mol. The Morgan fingerprint density at radius 1 is 0.288 bits per heavy atom. The predicted molar refractivity (Wildman–Crippen MR) is 249 cm³/mol. The number of aryl methyl sites for hydroxylation is 1. The third-order valence-corrected chi connectivity index (χ3v) is 12.2. The van der Waals surface area contributed by atoms with E-state index in [9.17, 15) is 0 Å². The zero-order valence-electron chi connectivity index (χ0n) is 32.5. The van der Waals surface area contributed by atoms with Crippen molar-refractivity contribution in [2.45, 2.75) is 6.92 Å². The smallest absolute Gasteiger partial charge is 0.0541 e. The Hall–Kier alpha value is -7.82. The highest BCUT2D eigenvalue weighted by Crippen LogP contribution is 2.41. The summed E-state index contributed by atoms with van der Waals surface area (Å²) >= 11 is 0. The third kappa shape index (κ3) is 5.10. The van der Waals surface area contributed by atoms with Crippen LogP contribution in [0.4, 0.5) is 17.1 Å². The molecule has 0 saturated carbocycles. The largest absolute Gasteiger partial charge is 0.310 e. The molecule has 0 amide bonds. The molecule has 278 valence electrons. The van der Waals surface area contributed by atoms with Gasteiger partial charge < -0.3 is 18.6 Å². The van der Waals surface area contributed by atoms with Crippen molar-refractivity contribution in [3.63, 3.8) is 0 Å². The van der Waals surface area contributed by atoms with Crippen LogP contribution in [0.1, 0.15) is 5.56 Å². The van der Waals surface area contributed by atoms with E-state index in [4.69, 9.17) is 0 Å². The van der Waals surface area contributed by atoms with Crippen molar-refractivity contribution in [3.8, 4) is 17.1 Å². The second-order valence-corrected chi connectivity index (χ2v) is 15.4. The number of hydrogen-bond acceptors (Lipinski definition) is 1. The van der Waals surface area contributed by atoms with E-state index in [1.54, 1.807) is 0 Å². The summed E-state index contributed by atoms with van der Waals surface area (Å²) in [5.74, 6) is 0. The zero-order chi connectivity index (χ0) is 39.0. The lowest BCUT2D eigenvalue weighted by Gasteiger charge is -2.27. The molecule has 4 nitrogen and oxygen atoms in total. The second kappa shape index (κ2) is 13.1. The first-order valence-electron chi connectivity index (χ1n) is 20.3. The summed E-state index contributed by atoms with van der Waals surface area (Å²) in [6.45, 7) is 2.23. The highest BCUT2D eigenvalue weighted by molar-refractivity contribution is 6.11. The van der Waals surface area contributed by atoms with Crippen molar-refractivity contribution in [2.75, 3.05) is 4.90 Å². The number of para-hydroxylation sites is 6. The van der Waals surface area contributed by atoms with Gasteiger partial charge in [0.1, 0.15) is 0 Å². The molecule has 0 unspecified atom stereocenters. The van der Waals surface area contributed by atoms with Crippen LogP contribution in [-0.2, 0) is 0 Å². The molecule has 0 radical (unpaired) electrons. The molecule has 3 aromatic heterocycles. The van der Waals surface area contributed by atoms with Crippen LogP contribution in [0.3, 0.4) is 0 Å². The maximum absolute atomic E-state index is 2.41. The molecule has 12 rings (SSSR count). The molecule has 0 N–H and O–H groups in total. The molecule has 0 fully saturated rings.